The Kier molecular flexibility index (Phi) is 25.2. The number of nitrogens with zero attached hydrogens (tertiary/aromatic N) is 18. The molecular formula is C91H74BF11N20O8S. The van der Waals surface area contributed by atoms with E-state index < -0.39 is 68.5 Å². The van der Waals surface area contributed by atoms with Gasteiger partial charge in [0.25, 0.3) is 0 Å². The zero-order valence-electron chi connectivity index (χ0n) is 69.8. The minimum atomic E-state index is -4.83. The lowest BCUT2D eigenvalue weighted by Crippen LogP contribution is -2.37. The third-order valence-electron chi connectivity index (χ3n) is 21.6. The van der Waals surface area contributed by atoms with Gasteiger partial charge in [0.1, 0.15) is 45.6 Å². The number of hydrogen-bond acceptors (Lipinski definition) is 20. The molecule has 0 unspecified atom stereocenters. The topological polar surface area (TPSA) is 337 Å². The zero-order valence-corrected chi connectivity index (χ0v) is 70.6. The van der Waals surface area contributed by atoms with Gasteiger partial charge in [-0.25, -0.2) is 65.2 Å². The van der Waals surface area contributed by atoms with Crippen molar-refractivity contribution < 1.29 is 86.5 Å². The van der Waals surface area contributed by atoms with E-state index in [2.05, 4.69) is 45.5 Å². The molecule has 0 bridgehead atoms. The number of benzene rings is 11. The molecule has 1 saturated carbocycles. The number of nitrogens with one attached hydrogen (secondary N) is 1. The lowest BCUT2D eigenvalue weighted by molar-refractivity contribution is -0.138. The molecule has 672 valence electrons. The van der Waals surface area contributed by atoms with Crippen molar-refractivity contribution in [3.63, 3.8) is 0 Å². The second-order valence-corrected chi connectivity index (χ2v) is 31.8. The molecule has 20 rings (SSSR count). The van der Waals surface area contributed by atoms with Gasteiger partial charge in [-0.1, -0.05) is 18.2 Å². The van der Waals surface area contributed by atoms with E-state index in [1.54, 1.807) is 100 Å². The molecule has 2 fully saturated rings. The van der Waals surface area contributed by atoms with Crippen LogP contribution in [0.5, 0.6) is 5.75 Å². The number of aromatic nitrogens is 15. The molecular weight excluding hydrogens is 1750 g/mol. The van der Waals surface area contributed by atoms with E-state index in [-0.39, 0.29) is 51.3 Å². The number of aromatic hydroxyl groups is 1. The smallest absolute Gasteiger partial charge is 0.489 e. The summed E-state index contributed by atoms with van der Waals surface area (Å²) in [5.41, 5.74) is 8.11. The number of carbonyl (C=O) groups is 1. The molecule has 7 aromatic heterocycles. The first-order chi connectivity index (χ1) is 63.1. The SMILES string of the molecule is CN(c1ccccc1)c1nc2cc(-c3nn[nH]n3)ccc2n1-c1ccc(F)cc1.CN(c1cccnc1)c1nc2cc(B(O)O)c(C(F)(F)F)cc2n1-c1ccc(F)cc1.CN(c1nc2cc(C(F)(F)F)ccc2n1-c1ccc(F)cc1)C1CC1.Cc1nc2cc(C(=O)O)ccc2n1-c1ccc(F)cc1.NS(=O)(=O)c1cc2nc(N3CCOCC3)n(-c3ccc(F)cc3)c2cc1O. The highest BCUT2D eigenvalue weighted by atomic mass is 32.2. The second-order valence-electron chi connectivity index (χ2n) is 30.3. The molecule has 18 aromatic rings. The minimum Gasteiger partial charge on any atom is -0.506 e. The maximum Gasteiger partial charge on any atom is 0.489 e. The van der Waals surface area contributed by atoms with E-state index in [1.165, 1.54) is 108 Å². The Morgan fingerprint density at radius 2 is 0.985 bits per heavy atom. The first-order valence-corrected chi connectivity index (χ1v) is 41.8. The van der Waals surface area contributed by atoms with Gasteiger partial charge >= 0.3 is 25.4 Å². The van der Waals surface area contributed by atoms with Gasteiger partial charge in [-0.2, -0.15) is 31.6 Å². The number of alkyl halides is 6. The number of sulfonamides is 1. The van der Waals surface area contributed by atoms with Crippen molar-refractivity contribution in [3.8, 4) is 45.6 Å². The molecule has 1 aliphatic heterocycles. The van der Waals surface area contributed by atoms with Crippen LogP contribution < -0.4 is 30.2 Å². The number of nitrogens with two attached hydrogens (primary N) is 1. The first kappa shape index (κ1) is 89.9. The maximum absolute atomic E-state index is 13.6. The Hall–Kier alpha value is -15.5. The highest BCUT2D eigenvalue weighted by Gasteiger charge is 2.39. The van der Waals surface area contributed by atoms with Crippen LogP contribution in [-0.2, 0) is 27.1 Å². The summed E-state index contributed by atoms with van der Waals surface area (Å²) in [6, 6.07) is 61.5. The largest absolute Gasteiger partial charge is 0.506 e. The van der Waals surface area contributed by atoms with Crippen LogP contribution in [0.15, 0.2) is 260 Å². The molecule has 11 aromatic carbocycles. The number of tetrazole rings is 1. The van der Waals surface area contributed by atoms with Crippen molar-refractivity contribution in [2.75, 3.05) is 67.0 Å². The standard InChI is InChI=1S/C21H16FN7.C20H15BF4N4O2.C18H15F4N3.C17H17FN4O4S.C15H11FN2O2/c1-28(16-5-3-2-4-6-16)21-23-18-13-14(20-24-26-27-25-20)7-12-19(18)29(21)17-10-8-15(22)9-11-17;1-28(14-3-2-8-26-11-14)19-27-17-10-16(21(30)31)15(20(23,24)25)9-18(17)29(19)13-6-4-12(22)5-7-13;1-24(13-7-8-13)17-23-15-10-11(18(20,21)22)2-9-16(15)25(17)14-5-3-12(19)4-6-14;18-11-1-3-12(4-2-11)22-14-10-15(23)16(27(19,24)25)9-13(14)20-17(22)21-5-7-26-8-6-21;1-9-17-13-8-10(15(19)20)2-7-14(13)18(9)12-5-3-11(16)4-6-12/h2-13H,1H3,(H,24,25,26,27);2-11,30-31H,1H3;2-6,9-10,13H,7-8H2,1H3;1-4,9-10,23H,5-8H2,(H2,19,24,25);2-8H,1H3,(H,19,20). The lowest BCUT2D eigenvalue weighted by atomic mass is 9.76. The van der Waals surface area contributed by atoms with E-state index in [4.69, 9.17) is 20.0 Å². The van der Waals surface area contributed by atoms with Crippen molar-refractivity contribution in [2.45, 2.75) is 43.1 Å². The molecule has 41 heteroatoms. The predicted molar refractivity (Wildman–Crippen MR) is 474 cm³/mol. The number of rotatable bonds is 16. The van der Waals surface area contributed by atoms with Crippen LogP contribution in [0.4, 0.5) is 83.5 Å². The summed E-state index contributed by atoms with van der Waals surface area (Å²) >= 11 is 0. The van der Waals surface area contributed by atoms with Crippen LogP contribution in [0.2, 0.25) is 0 Å². The Balaban J connectivity index is 0.000000121. The Labute approximate surface area is 742 Å². The van der Waals surface area contributed by atoms with E-state index >= 15 is 0 Å². The van der Waals surface area contributed by atoms with Gasteiger partial charge in [0.15, 0.2) is 0 Å². The van der Waals surface area contributed by atoms with E-state index in [0.717, 1.165) is 76.3 Å². The van der Waals surface area contributed by atoms with Crippen molar-refractivity contribution in [2.24, 2.45) is 5.14 Å². The lowest BCUT2D eigenvalue weighted by Gasteiger charge is -2.28. The number of phenols is 1. The number of aromatic amines is 1. The summed E-state index contributed by atoms with van der Waals surface area (Å²) < 4.78 is 184. The number of carboxylic acid groups (broad SMARTS) is 1. The molecule has 7 N–H and O–H groups in total. The molecule has 132 heavy (non-hydrogen) atoms. The third-order valence-corrected chi connectivity index (χ3v) is 22.5. The summed E-state index contributed by atoms with van der Waals surface area (Å²) in [6.45, 7) is 4.07. The van der Waals surface area contributed by atoms with E-state index in [9.17, 15) is 76.7 Å². The van der Waals surface area contributed by atoms with Crippen molar-refractivity contribution >= 4 is 119 Å². The normalized spacial score (nSPS) is 12.8. The van der Waals surface area contributed by atoms with Crippen LogP contribution in [0.3, 0.4) is 0 Å². The van der Waals surface area contributed by atoms with Gasteiger partial charge in [0.05, 0.1) is 97.0 Å². The van der Waals surface area contributed by atoms with Crippen LogP contribution in [-0.4, -0.2) is 169 Å². The number of H-pyrrole nitrogens is 1. The summed E-state index contributed by atoms with van der Waals surface area (Å²) in [6.07, 6.45) is -4.08. The first-order valence-electron chi connectivity index (χ1n) is 40.3. The fourth-order valence-electron chi connectivity index (χ4n) is 15.0. The van der Waals surface area contributed by atoms with E-state index in [1.807, 2.05) is 93.4 Å². The number of carboxylic acids is 1. The van der Waals surface area contributed by atoms with Crippen LogP contribution in [0.1, 0.15) is 40.2 Å². The van der Waals surface area contributed by atoms with Crippen molar-refractivity contribution in [1.29, 1.82) is 0 Å². The molecule has 2 aliphatic rings. The number of para-hydroxylation sites is 1. The number of halogens is 11. The number of aromatic carboxylic acids is 1. The zero-order chi connectivity index (χ0) is 93.4. The number of aryl methyl sites for hydroxylation is 1. The van der Waals surface area contributed by atoms with Gasteiger partial charge in [-0.3, -0.25) is 27.8 Å². The molecule has 0 atom stereocenters. The molecule has 0 spiro atoms. The molecule has 28 nitrogen and oxygen atoms in total. The highest BCUT2D eigenvalue weighted by molar-refractivity contribution is 7.89. The number of ether oxygens (including phenoxy) is 1. The summed E-state index contributed by atoms with van der Waals surface area (Å²) in [5, 5.41) is 57.5. The average molecular weight is 1830 g/mol. The molecule has 0 radical (unpaired) electrons. The minimum absolute atomic E-state index is 0.0640. The number of anilines is 6. The summed E-state index contributed by atoms with van der Waals surface area (Å²) in [4.78, 5) is 44.8. The highest BCUT2D eigenvalue weighted by Crippen LogP contribution is 2.41. The number of pyridine rings is 1. The van der Waals surface area contributed by atoms with Gasteiger partial charge in [0.2, 0.25) is 39.6 Å². The Bertz CT molecular complexity index is 7360. The van der Waals surface area contributed by atoms with Gasteiger partial charge in [-0.05, 0) is 249 Å². The Morgan fingerprint density at radius 1 is 0.515 bits per heavy atom. The monoisotopic (exact) mass is 1830 g/mol. The Morgan fingerprint density at radius 3 is 1.49 bits per heavy atom. The van der Waals surface area contributed by atoms with Crippen LogP contribution in [0, 0.1) is 36.0 Å². The number of morpholine rings is 1. The third kappa shape index (κ3) is 19.2. The van der Waals surface area contributed by atoms with Crippen LogP contribution >= 0.6 is 0 Å². The molecule has 1 saturated heterocycles. The molecule has 1 aliphatic carbocycles. The maximum atomic E-state index is 13.6. The summed E-state index contributed by atoms with van der Waals surface area (Å²) in [5.74, 6) is -0.0284. The fraction of sp³-hybridized carbons (Fsp3) is 0.143. The number of hydrogen-bond donors (Lipinski definition) is 6. The van der Waals surface area contributed by atoms with Crippen molar-refractivity contribution in [3.05, 3.63) is 307 Å². The summed E-state index contributed by atoms with van der Waals surface area (Å²) in [7, 11) is -0.952. The van der Waals surface area contributed by atoms with Gasteiger partial charge in [-0.15, -0.1) is 10.2 Å². The number of imidazole rings is 5. The van der Waals surface area contributed by atoms with Gasteiger partial charge in [0, 0.05) is 92.2 Å². The predicted octanol–water partition coefficient (Wildman–Crippen LogP) is 16.4. The average Bonchev–Trinajstić information content (AvgIpc) is 1.60. The number of primary sulfonamides is 1. The molecule has 0 amide bonds. The number of phenolic OH excluding ortho intramolecular Hbond substituents is 1. The van der Waals surface area contributed by atoms with E-state index in [0.29, 0.717) is 107 Å². The second kappa shape index (κ2) is 37.0. The van der Waals surface area contributed by atoms with Crippen molar-refractivity contribution in [1.82, 2.24) is 73.4 Å². The quantitative estimate of drug-likeness (QED) is 0.0386. The number of fused-ring (bicyclic) bond motifs is 5. The molecule has 8 heterocycles. The fourth-order valence-corrected chi connectivity index (χ4v) is 15.6. The van der Waals surface area contributed by atoms with Gasteiger partial charge < -0.3 is 44.6 Å². The van der Waals surface area contributed by atoms with Crippen LogP contribution in [0.25, 0.3) is 95.0 Å².